The third-order valence-corrected chi connectivity index (χ3v) is 4.92. The van der Waals surface area contributed by atoms with Crippen LogP contribution in [0.4, 0.5) is 5.13 Å². The van der Waals surface area contributed by atoms with E-state index in [0.717, 1.165) is 20.1 Å². The minimum absolute atomic E-state index is 0.00414. The summed E-state index contributed by atoms with van der Waals surface area (Å²) >= 11 is 9.47. The van der Waals surface area contributed by atoms with Crippen LogP contribution in [-0.2, 0) is 0 Å². The molecule has 2 rings (SSSR count). The van der Waals surface area contributed by atoms with E-state index in [1.54, 1.807) is 23.1 Å². The standard InChI is InChI=1S/C14H18ClN3S2/c1-9(10-7-5-6-8-11(10)15)19-13-18-17-12(20-13)16-14(2,3)4/h5-9H,1-4H3,(H,16,17). The first-order chi connectivity index (χ1) is 9.35. The Morgan fingerprint density at radius 1 is 1.25 bits per heavy atom. The summed E-state index contributed by atoms with van der Waals surface area (Å²) in [4.78, 5) is 0. The van der Waals surface area contributed by atoms with Crippen LogP contribution in [0.25, 0.3) is 0 Å². The molecule has 0 aliphatic carbocycles. The summed E-state index contributed by atoms with van der Waals surface area (Å²) in [5.74, 6) is 0. The number of benzene rings is 1. The van der Waals surface area contributed by atoms with Crippen LogP contribution in [-0.4, -0.2) is 15.7 Å². The molecule has 1 N–H and O–H groups in total. The first kappa shape index (κ1) is 15.6. The van der Waals surface area contributed by atoms with E-state index >= 15 is 0 Å². The second-order valence-corrected chi connectivity index (χ2v) is 8.50. The lowest BCUT2D eigenvalue weighted by Crippen LogP contribution is -2.25. The van der Waals surface area contributed by atoms with Crippen LogP contribution < -0.4 is 5.32 Å². The molecule has 0 fully saturated rings. The largest absolute Gasteiger partial charge is 0.355 e. The maximum atomic E-state index is 6.22. The summed E-state index contributed by atoms with van der Waals surface area (Å²) in [5.41, 5.74) is 1.12. The molecule has 0 saturated heterocycles. The van der Waals surface area contributed by atoms with Crippen LogP contribution in [0.1, 0.15) is 38.5 Å². The van der Waals surface area contributed by atoms with Crippen molar-refractivity contribution in [3.05, 3.63) is 34.9 Å². The van der Waals surface area contributed by atoms with Gasteiger partial charge in [0, 0.05) is 15.8 Å². The predicted octanol–water partition coefficient (Wildman–Crippen LogP) is 5.26. The van der Waals surface area contributed by atoms with Crippen molar-refractivity contribution in [1.29, 1.82) is 0 Å². The van der Waals surface area contributed by atoms with Crippen molar-refractivity contribution in [2.45, 2.75) is 42.8 Å². The lowest BCUT2D eigenvalue weighted by molar-refractivity contribution is 0.631. The van der Waals surface area contributed by atoms with Crippen LogP contribution in [0, 0.1) is 0 Å². The fraction of sp³-hybridized carbons (Fsp3) is 0.429. The number of thioether (sulfide) groups is 1. The Bertz CT molecular complexity index is 578. The van der Waals surface area contributed by atoms with Crippen molar-refractivity contribution in [2.75, 3.05) is 5.32 Å². The first-order valence-corrected chi connectivity index (χ1v) is 8.45. The second kappa shape index (κ2) is 6.33. The van der Waals surface area contributed by atoms with Gasteiger partial charge in [-0.2, -0.15) is 0 Å². The van der Waals surface area contributed by atoms with Gasteiger partial charge < -0.3 is 5.32 Å². The van der Waals surface area contributed by atoms with Gasteiger partial charge in [0.25, 0.3) is 0 Å². The summed E-state index contributed by atoms with van der Waals surface area (Å²) in [7, 11) is 0. The van der Waals surface area contributed by atoms with E-state index in [-0.39, 0.29) is 10.8 Å². The summed E-state index contributed by atoms with van der Waals surface area (Å²) in [6.07, 6.45) is 0. The van der Waals surface area contributed by atoms with E-state index in [4.69, 9.17) is 11.6 Å². The molecule has 1 unspecified atom stereocenters. The predicted molar refractivity (Wildman–Crippen MR) is 89.0 cm³/mol. The molecule has 0 aliphatic rings. The van der Waals surface area contributed by atoms with Gasteiger partial charge in [0.15, 0.2) is 4.34 Å². The number of halogens is 1. The maximum absolute atomic E-state index is 6.22. The maximum Gasteiger partial charge on any atom is 0.206 e. The van der Waals surface area contributed by atoms with Crippen molar-refractivity contribution in [3.63, 3.8) is 0 Å². The number of hydrogen-bond acceptors (Lipinski definition) is 5. The van der Waals surface area contributed by atoms with Gasteiger partial charge in [-0.3, -0.25) is 0 Å². The monoisotopic (exact) mass is 327 g/mol. The Hall–Kier alpha value is -0.780. The zero-order valence-electron chi connectivity index (χ0n) is 12.0. The van der Waals surface area contributed by atoms with E-state index in [0.29, 0.717) is 0 Å². The molecule has 0 spiro atoms. The fourth-order valence-corrected chi connectivity index (χ4v) is 4.28. The van der Waals surface area contributed by atoms with Gasteiger partial charge in [0.05, 0.1) is 0 Å². The van der Waals surface area contributed by atoms with Crippen molar-refractivity contribution >= 4 is 39.8 Å². The van der Waals surface area contributed by atoms with Gasteiger partial charge in [0.2, 0.25) is 5.13 Å². The molecule has 3 nitrogen and oxygen atoms in total. The lowest BCUT2D eigenvalue weighted by atomic mass is 10.1. The Morgan fingerprint density at radius 3 is 2.60 bits per heavy atom. The van der Waals surface area contributed by atoms with Gasteiger partial charge in [-0.1, -0.05) is 52.9 Å². The molecule has 0 amide bonds. The lowest BCUT2D eigenvalue weighted by Gasteiger charge is -2.18. The normalized spacial score (nSPS) is 13.2. The number of aromatic nitrogens is 2. The molecule has 108 valence electrons. The number of hydrogen-bond donors (Lipinski definition) is 1. The molecule has 1 aromatic carbocycles. The molecule has 0 radical (unpaired) electrons. The SMILES string of the molecule is CC(Sc1nnc(NC(C)(C)C)s1)c1ccccc1Cl. The van der Waals surface area contributed by atoms with E-state index < -0.39 is 0 Å². The van der Waals surface area contributed by atoms with Crippen molar-refractivity contribution in [2.24, 2.45) is 0 Å². The third-order valence-electron chi connectivity index (χ3n) is 2.51. The molecule has 0 aliphatic heterocycles. The van der Waals surface area contributed by atoms with Crippen molar-refractivity contribution in [3.8, 4) is 0 Å². The molecular formula is C14H18ClN3S2. The Morgan fingerprint density at radius 2 is 1.95 bits per heavy atom. The van der Waals surface area contributed by atoms with E-state index in [1.165, 1.54) is 0 Å². The number of nitrogens with zero attached hydrogens (tertiary/aromatic N) is 2. The third kappa shape index (κ3) is 4.36. The van der Waals surface area contributed by atoms with Gasteiger partial charge in [-0.05, 0) is 39.3 Å². The zero-order chi connectivity index (χ0) is 14.8. The average Bonchev–Trinajstić information content (AvgIpc) is 2.74. The Balaban J connectivity index is 2.05. The van der Waals surface area contributed by atoms with Crippen molar-refractivity contribution in [1.82, 2.24) is 10.2 Å². The molecule has 0 bridgehead atoms. The highest BCUT2D eigenvalue weighted by atomic mass is 35.5. The van der Waals surface area contributed by atoms with Gasteiger partial charge in [-0.25, -0.2) is 0 Å². The second-order valence-electron chi connectivity index (χ2n) is 5.53. The molecule has 1 aromatic heterocycles. The molecule has 2 aromatic rings. The minimum Gasteiger partial charge on any atom is -0.355 e. The minimum atomic E-state index is -0.00414. The highest BCUT2D eigenvalue weighted by Crippen LogP contribution is 2.39. The summed E-state index contributed by atoms with van der Waals surface area (Å²) < 4.78 is 0.948. The molecule has 1 atom stereocenters. The smallest absolute Gasteiger partial charge is 0.206 e. The molecule has 0 saturated carbocycles. The number of anilines is 1. The van der Waals surface area contributed by atoms with Crippen LogP contribution >= 0.6 is 34.7 Å². The highest BCUT2D eigenvalue weighted by molar-refractivity contribution is 8.01. The van der Waals surface area contributed by atoms with Gasteiger partial charge in [-0.15, -0.1) is 10.2 Å². The highest BCUT2D eigenvalue weighted by Gasteiger charge is 2.16. The average molecular weight is 328 g/mol. The van der Waals surface area contributed by atoms with E-state index in [9.17, 15) is 0 Å². The zero-order valence-corrected chi connectivity index (χ0v) is 14.4. The van der Waals surface area contributed by atoms with Crippen LogP contribution in [0.3, 0.4) is 0 Å². The number of nitrogens with one attached hydrogen (secondary N) is 1. The van der Waals surface area contributed by atoms with E-state index in [1.807, 2.05) is 18.2 Å². The molecule has 20 heavy (non-hydrogen) atoms. The number of rotatable bonds is 4. The summed E-state index contributed by atoms with van der Waals surface area (Å²) in [6, 6.07) is 7.92. The molecular weight excluding hydrogens is 310 g/mol. The van der Waals surface area contributed by atoms with Crippen LogP contribution in [0.2, 0.25) is 5.02 Å². The molecule has 6 heteroatoms. The Labute approximate surface area is 133 Å². The topological polar surface area (TPSA) is 37.8 Å². The first-order valence-electron chi connectivity index (χ1n) is 6.38. The summed E-state index contributed by atoms with van der Waals surface area (Å²) in [5, 5.41) is 13.6. The van der Waals surface area contributed by atoms with Crippen molar-refractivity contribution < 1.29 is 0 Å². The summed E-state index contributed by atoms with van der Waals surface area (Å²) in [6.45, 7) is 8.44. The quantitative estimate of drug-likeness (QED) is 0.778. The Kier molecular flexibility index (Phi) is 4.94. The van der Waals surface area contributed by atoms with E-state index in [2.05, 4.69) is 49.3 Å². The van der Waals surface area contributed by atoms with Crippen LogP contribution in [0.15, 0.2) is 28.6 Å². The van der Waals surface area contributed by atoms with Crippen LogP contribution in [0.5, 0.6) is 0 Å². The van der Waals surface area contributed by atoms with Gasteiger partial charge in [0.1, 0.15) is 0 Å². The fourth-order valence-electron chi connectivity index (χ4n) is 1.65. The molecule has 1 heterocycles. The van der Waals surface area contributed by atoms with Gasteiger partial charge >= 0.3 is 0 Å².